The molecule has 0 spiro atoms. The summed E-state index contributed by atoms with van der Waals surface area (Å²) >= 11 is 0. The number of ether oxygens (including phenoxy) is 1. The van der Waals surface area contributed by atoms with Crippen LogP contribution in [0.25, 0.3) is 0 Å². The summed E-state index contributed by atoms with van der Waals surface area (Å²) in [6.07, 6.45) is 1.57. The highest BCUT2D eigenvalue weighted by atomic mass is 16.5. The van der Waals surface area contributed by atoms with Crippen LogP contribution >= 0.6 is 0 Å². The number of nitrogens with zero attached hydrogens (tertiary/aromatic N) is 2. The zero-order chi connectivity index (χ0) is 12.3. The van der Waals surface area contributed by atoms with E-state index in [1.165, 1.54) is 0 Å². The number of rotatable bonds is 2. The maximum Gasteiger partial charge on any atom is 0.255 e. The number of pyridine rings is 1. The molecule has 1 atom stereocenters. The maximum absolute atomic E-state index is 12.2. The van der Waals surface area contributed by atoms with Crippen LogP contribution in [-0.2, 0) is 4.74 Å². The third-order valence-electron chi connectivity index (χ3n) is 2.85. The summed E-state index contributed by atoms with van der Waals surface area (Å²) in [5.41, 5.74) is 7.07. The van der Waals surface area contributed by atoms with E-state index in [0.29, 0.717) is 31.8 Å². The molecule has 1 fully saturated rings. The molecule has 0 aliphatic carbocycles. The highest BCUT2D eigenvalue weighted by Gasteiger charge is 2.24. The fraction of sp³-hybridized carbons (Fsp3) is 0.500. The Morgan fingerprint density at radius 1 is 1.65 bits per heavy atom. The van der Waals surface area contributed by atoms with Crippen LogP contribution in [-0.4, -0.2) is 48.1 Å². The van der Waals surface area contributed by atoms with Crippen LogP contribution in [0.15, 0.2) is 18.3 Å². The first-order chi connectivity index (χ1) is 8.20. The Labute approximate surface area is 101 Å². The Bertz CT molecular complexity index is 391. The molecule has 1 aromatic rings. The van der Waals surface area contributed by atoms with Gasteiger partial charge >= 0.3 is 0 Å². The minimum atomic E-state index is -0.0499. The number of hydrogen-bond acceptors (Lipinski definition) is 4. The molecule has 2 heterocycles. The summed E-state index contributed by atoms with van der Waals surface area (Å²) in [7, 11) is 0. The van der Waals surface area contributed by atoms with Crippen LogP contribution in [0, 0.1) is 6.92 Å². The highest BCUT2D eigenvalue weighted by Crippen LogP contribution is 2.10. The number of amides is 1. The number of carbonyl (C=O) groups excluding carboxylic acids is 1. The van der Waals surface area contributed by atoms with E-state index in [4.69, 9.17) is 10.5 Å². The van der Waals surface area contributed by atoms with Crippen LogP contribution in [0.2, 0.25) is 0 Å². The van der Waals surface area contributed by atoms with Crippen molar-refractivity contribution in [3.63, 3.8) is 0 Å². The molecule has 1 saturated heterocycles. The lowest BCUT2D eigenvalue weighted by molar-refractivity contribution is -0.0167. The van der Waals surface area contributed by atoms with Crippen molar-refractivity contribution in [2.24, 2.45) is 5.73 Å². The third-order valence-corrected chi connectivity index (χ3v) is 2.85. The van der Waals surface area contributed by atoms with Gasteiger partial charge in [0, 0.05) is 31.5 Å². The van der Waals surface area contributed by atoms with Gasteiger partial charge in [-0.05, 0) is 19.1 Å². The lowest BCUT2D eigenvalue weighted by Crippen LogP contribution is -2.48. The van der Waals surface area contributed by atoms with E-state index in [1.807, 2.05) is 13.0 Å². The molecule has 2 N–H and O–H groups in total. The second-order valence-corrected chi connectivity index (χ2v) is 4.17. The van der Waals surface area contributed by atoms with E-state index >= 15 is 0 Å². The summed E-state index contributed by atoms with van der Waals surface area (Å²) in [6, 6.07) is 3.64. The maximum atomic E-state index is 12.2. The average Bonchev–Trinajstić information content (AvgIpc) is 2.39. The van der Waals surface area contributed by atoms with Crippen molar-refractivity contribution >= 4 is 5.91 Å². The number of nitrogens with two attached hydrogens (primary N) is 1. The first-order valence-electron chi connectivity index (χ1n) is 5.74. The lowest BCUT2D eigenvalue weighted by atomic mass is 10.2. The molecule has 0 saturated carbocycles. The SMILES string of the molecule is Cc1ccc(C(=O)N2CCO[C@H](CN)C2)cn1. The number of carbonyl (C=O) groups is 1. The number of hydrogen-bond donors (Lipinski definition) is 1. The highest BCUT2D eigenvalue weighted by molar-refractivity contribution is 5.94. The van der Waals surface area contributed by atoms with Crippen LogP contribution in [0.3, 0.4) is 0 Å². The molecule has 2 rings (SSSR count). The van der Waals surface area contributed by atoms with Crippen molar-refractivity contribution < 1.29 is 9.53 Å². The second kappa shape index (κ2) is 5.25. The van der Waals surface area contributed by atoms with Gasteiger partial charge in [0.25, 0.3) is 5.91 Å². The summed E-state index contributed by atoms with van der Waals surface area (Å²) in [4.78, 5) is 18.1. The summed E-state index contributed by atoms with van der Waals surface area (Å²) in [6.45, 7) is 4.06. The van der Waals surface area contributed by atoms with Crippen molar-refractivity contribution in [1.82, 2.24) is 9.88 Å². The van der Waals surface area contributed by atoms with Gasteiger partial charge in [-0.15, -0.1) is 0 Å². The number of aryl methyl sites for hydroxylation is 1. The molecule has 17 heavy (non-hydrogen) atoms. The van der Waals surface area contributed by atoms with Gasteiger partial charge in [0.05, 0.1) is 18.3 Å². The Hall–Kier alpha value is -1.46. The minimum Gasteiger partial charge on any atom is -0.373 e. The molecule has 5 nitrogen and oxygen atoms in total. The first kappa shape index (κ1) is 12.0. The summed E-state index contributed by atoms with van der Waals surface area (Å²) in [5, 5.41) is 0. The smallest absolute Gasteiger partial charge is 0.255 e. The van der Waals surface area contributed by atoms with Crippen molar-refractivity contribution in [3.8, 4) is 0 Å². The Balaban J connectivity index is 2.06. The van der Waals surface area contributed by atoms with Gasteiger partial charge < -0.3 is 15.4 Å². The van der Waals surface area contributed by atoms with Crippen LogP contribution < -0.4 is 5.73 Å². The molecule has 5 heteroatoms. The second-order valence-electron chi connectivity index (χ2n) is 4.17. The minimum absolute atomic E-state index is 0.000694. The molecule has 0 bridgehead atoms. The quantitative estimate of drug-likeness (QED) is 0.794. The first-order valence-corrected chi connectivity index (χ1v) is 5.74. The van der Waals surface area contributed by atoms with E-state index in [1.54, 1.807) is 17.2 Å². The van der Waals surface area contributed by atoms with Crippen LogP contribution in [0.1, 0.15) is 16.1 Å². The Morgan fingerprint density at radius 3 is 3.12 bits per heavy atom. The zero-order valence-electron chi connectivity index (χ0n) is 9.93. The van der Waals surface area contributed by atoms with Crippen LogP contribution in [0.5, 0.6) is 0 Å². The predicted molar refractivity (Wildman–Crippen MR) is 63.7 cm³/mol. The molecule has 0 unspecified atom stereocenters. The molecule has 1 aliphatic heterocycles. The molecular weight excluding hydrogens is 218 g/mol. The fourth-order valence-electron chi connectivity index (χ4n) is 1.82. The Kier molecular flexibility index (Phi) is 3.71. The molecule has 0 radical (unpaired) electrons. The normalized spacial score (nSPS) is 20.4. The number of aromatic nitrogens is 1. The average molecular weight is 235 g/mol. The molecule has 1 aromatic heterocycles. The number of morpholine rings is 1. The third kappa shape index (κ3) is 2.81. The van der Waals surface area contributed by atoms with E-state index in [-0.39, 0.29) is 12.0 Å². The monoisotopic (exact) mass is 235 g/mol. The van der Waals surface area contributed by atoms with Crippen molar-refractivity contribution in [1.29, 1.82) is 0 Å². The van der Waals surface area contributed by atoms with Gasteiger partial charge in [-0.3, -0.25) is 9.78 Å². The van der Waals surface area contributed by atoms with E-state index < -0.39 is 0 Å². The van der Waals surface area contributed by atoms with E-state index in [0.717, 1.165) is 5.69 Å². The van der Waals surface area contributed by atoms with Gasteiger partial charge in [0.2, 0.25) is 0 Å². The van der Waals surface area contributed by atoms with Crippen molar-refractivity contribution in [3.05, 3.63) is 29.6 Å². The predicted octanol–water partition coefficient (Wildman–Crippen LogP) is 0.190. The standard InChI is InChI=1S/C12H17N3O2/c1-9-2-3-10(7-14-9)12(16)15-4-5-17-11(6-13)8-15/h2-3,7,11H,4-6,8,13H2,1H3/t11-/m1/s1. The largest absolute Gasteiger partial charge is 0.373 e. The van der Waals surface area contributed by atoms with Crippen molar-refractivity contribution in [2.45, 2.75) is 13.0 Å². The van der Waals surface area contributed by atoms with Crippen molar-refractivity contribution in [2.75, 3.05) is 26.2 Å². The Morgan fingerprint density at radius 2 is 2.47 bits per heavy atom. The van der Waals surface area contributed by atoms with Gasteiger partial charge in [0.1, 0.15) is 0 Å². The van der Waals surface area contributed by atoms with E-state index in [2.05, 4.69) is 4.98 Å². The molecule has 92 valence electrons. The van der Waals surface area contributed by atoms with Gasteiger partial charge in [-0.2, -0.15) is 0 Å². The van der Waals surface area contributed by atoms with E-state index in [9.17, 15) is 4.79 Å². The van der Waals surface area contributed by atoms with Gasteiger partial charge in [-0.25, -0.2) is 0 Å². The topological polar surface area (TPSA) is 68.5 Å². The summed E-state index contributed by atoms with van der Waals surface area (Å²) < 4.78 is 5.43. The zero-order valence-corrected chi connectivity index (χ0v) is 9.93. The van der Waals surface area contributed by atoms with Gasteiger partial charge in [-0.1, -0.05) is 0 Å². The summed E-state index contributed by atoms with van der Waals surface area (Å²) in [5.74, 6) is -0.000694. The molecule has 1 aliphatic rings. The molecule has 0 aromatic carbocycles. The lowest BCUT2D eigenvalue weighted by Gasteiger charge is -2.32. The van der Waals surface area contributed by atoms with Gasteiger partial charge in [0.15, 0.2) is 0 Å². The molecule has 1 amide bonds. The van der Waals surface area contributed by atoms with Crippen LogP contribution in [0.4, 0.5) is 0 Å². The fourth-order valence-corrected chi connectivity index (χ4v) is 1.82. The molecular formula is C12H17N3O2.